The van der Waals surface area contributed by atoms with E-state index in [-0.39, 0.29) is 11.6 Å². The van der Waals surface area contributed by atoms with E-state index >= 15 is 0 Å². The van der Waals surface area contributed by atoms with E-state index in [2.05, 4.69) is 41.6 Å². The Kier molecular flexibility index (Phi) is 5.61. The van der Waals surface area contributed by atoms with Crippen LogP contribution in [0.15, 0.2) is 36.7 Å². The van der Waals surface area contributed by atoms with E-state index in [1.54, 1.807) is 22.9 Å². The van der Waals surface area contributed by atoms with Gasteiger partial charge in [0.05, 0.1) is 19.3 Å². The number of rotatable bonds is 8. The lowest BCUT2D eigenvalue weighted by atomic mass is 10.00. The van der Waals surface area contributed by atoms with E-state index in [9.17, 15) is 4.79 Å². The highest BCUT2D eigenvalue weighted by Gasteiger charge is 2.44. The van der Waals surface area contributed by atoms with Crippen molar-refractivity contribution in [3.63, 3.8) is 0 Å². The molecule has 1 saturated carbocycles. The van der Waals surface area contributed by atoms with Crippen LogP contribution in [0.2, 0.25) is 0 Å². The summed E-state index contributed by atoms with van der Waals surface area (Å²) in [5.41, 5.74) is 3.49. The number of amides is 2. The fourth-order valence-electron chi connectivity index (χ4n) is 3.20. The summed E-state index contributed by atoms with van der Waals surface area (Å²) in [6, 6.07) is 8.36. The Bertz CT molecular complexity index is 752. The van der Waals surface area contributed by atoms with Crippen LogP contribution in [0.4, 0.5) is 4.79 Å². The van der Waals surface area contributed by atoms with Gasteiger partial charge in [0.1, 0.15) is 0 Å². The van der Waals surface area contributed by atoms with Crippen LogP contribution in [0, 0.1) is 6.92 Å². The molecular weight excluding hydrogens is 328 g/mol. The van der Waals surface area contributed by atoms with Gasteiger partial charge in [-0.05, 0) is 37.3 Å². The molecule has 1 N–H and O–H groups in total. The molecule has 26 heavy (non-hydrogen) atoms. The second kappa shape index (κ2) is 7.91. The first-order valence-corrected chi connectivity index (χ1v) is 9.09. The van der Waals surface area contributed by atoms with Gasteiger partial charge in [-0.25, -0.2) is 4.79 Å². The van der Waals surface area contributed by atoms with Crippen LogP contribution in [0.25, 0.3) is 0 Å². The van der Waals surface area contributed by atoms with Crippen LogP contribution < -0.4 is 5.32 Å². The second-order valence-electron chi connectivity index (χ2n) is 7.25. The molecule has 6 heteroatoms. The molecule has 0 saturated heterocycles. The average Bonchev–Trinajstić information content (AvgIpc) is 3.24. The van der Waals surface area contributed by atoms with Crippen molar-refractivity contribution in [1.29, 1.82) is 0 Å². The van der Waals surface area contributed by atoms with Crippen molar-refractivity contribution in [3.05, 3.63) is 53.3 Å². The van der Waals surface area contributed by atoms with Crippen LogP contribution in [-0.2, 0) is 24.8 Å². The normalized spacial score (nSPS) is 14.9. The van der Waals surface area contributed by atoms with E-state index < -0.39 is 0 Å². The van der Waals surface area contributed by atoms with Gasteiger partial charge in [0.2, 0.25) is 0 Å². The summed E-state index contributed by atoms with van der Waals surface area (Å²) in [6.07, 6.45) is 6.67. The number of nitrogens with one attached hydrogen (secondary N) is 1. The maximum absolute atomic E-state index is 12.9. The molecule has 1 aliphatic rings. The summed E-state index contributed by atoms with van der Waals surface area (Å²) in [4.78, 5) is 14.7. The third-order valence-electron chi connectivity index (χ3n) is 5.00. The van der Waals surface area contributed by atoms with Gasteiger partial charge in [0.25, 0.3) is 0 Å². The molecule has 2 amide bonds. The molecule has 0 spiro atoms. The summed E-state index contributed by atoms with van der Waals surface area (Å²) in [6.45, 7) is 3.72. The van der Waals surface area contributed by atoms with E-state index in [0.717, 1.165) is 24.8 Å². The van der Waals surface area contributed by atoms with Crippen LogP contribution in [0.3, 0.4) is 0 Å². The Hall–Kier alpha value is -2.34. The summed E-state index contributed by atoms with van der Waals surface area (Å²) in [7, 11) is 3.53. The number of carbonyl (C=O) groups is 1. The number of benzene rings is 1. The molecule has 0 unspecified atom stereocenters. The maximum atomic E-state index is 12.9. The first-order valence-electron chi connectivity index (χ1n) is 9.09. The minimum Gasteiger partial charge on any atom is -0.383 e. The van der Waals surface area contributed by atoms with Gasteiger partial charge in [-0.1, -0.05) is 24.3 Å². The van der Waals surface area contributed by atoms with Crippen molar-refractivity contribution in [3.8, 4) is 0 Å². The Morgan fingerprint density at radius 1 is 1.38 bits per heavy atom. The average molecular weight is 356 g/mol. The number of hydrogen-bond acceptors (Lipinski definition) is 3. The van der Waals surface area contributed by atoms with Gasteiger partial charge in [0, 0.05) is 38.0 Å². The minimum absolute atomic E-state index is 0.0306. The van der Waals surface area contributed by atoms with Crippen LogP contribution >= 0.6 is 0 Å². The van der Waals surface area contributed by atoms with Crippen LogP contribution in [0.1, 0.15) is 29.5 Å². The Morgan fingerprint density at radius 2 is 2.15 bits per heavy atom. The largest absolute Gasteiger partial charge is 0.383 e. The predicted molar refractivity (Wildman–Crippen MR) is 101 cm³/mol. The van der Waals surface area contributed by atoms with Crippen LogP contribution in [0.5, 0.6) is 0 Å². The number of aryl methyl sites for hydroxylation is 2. The zero-order chi connectivity index (χ0) is 18.6. The quantitative estimate of drug-likeness (QED) is 0.791. The topological polar surface area (TPSA) is 59.4 Å². The van der Waals surface area contributed by atoms with E-state index in [1.165, 1.54) is 11.1 Å². The first kappa shape index (κ1) is 18.5. The standard InChI is InChI=1S/C20H28N4O2/c1-16-6-4-5-7-18(16)12-20(8-9-20)22-19(25)24(10-11-26-3)15-17-13-21-23(2)14-17/h4-7,13-14H,8-12,15H2,1-3H3,(H,22,25). The Morgan fingerprint density at radius 3 is 2.77 bits per heavy atom. The van der Waals surface area contributed by atoms with Crippen molar-refractivity contribution in [1.82, 2.24) is 20.0 Å². The van der Waals surface area contributed by atoms with Crippen LogP contribution in [-0.4, -0.2) is 46.5 Å². The van der Waals surface area contributed by atoms with Gasteiger partial charge < -0.3 is 15.0 Å². The smallest absolute Gasteiger partial charge is 0.318 e. The van der Waals surface area contributed by atoms with Gasteiger partial charge in [-0.2, -0.15) is 5.10 Å². The summed E-state index contributed by atoms with van der Waals surface area (Å²) in [5, 5.41) is 7.47. The Labute approximate surface area is 155 Å². The highest BCUT2D eigenvalue weighted by atomic mass is 16.5. The highest BCUT2D eigenvalue weighted by Crippen LogP contribution is 2.39. The molecule has 140 valence electrons. The van der Waals surface area contributed by atoms with Crippen molar-refractivity contribution < 1.29 is 9.53 Å². The second-order valence-corrected chi connectivity index (χ2v) is 7.25. The molecule has 0 aliphatic heterocycles. The lowest BCUT2D eigenvalue weighted by Crippen LogP contribution is -2.47. The summed E-state index contributed by atoms with van der Waals surface area (Å²) in [5.74, 6) is 0. The van der Waals surface area contributed by atoms with E-state index in [1.807, 2.05) is 13.2 Å². The lowest BCUT2D eigenvalue weighted by Gasteiger charge is -2.26. The zero-order valence-electron chi connectivity index (χ0n) is 15.9. The molecule has 0 radical (unpaired) electrons. The fraction of sp³-hybridized carbons (Fsp3) is 0.500. The molecular formula is C20H28N4O2. The first-order chi connectivity index (χ1) is 12.5. The third-order valence-corrected chi connectivity index (χ3v) is 5.00. The number of nitrogens with zero attached hydrogens (tertiary/aromatic N) is 3. The molecule has 0 atom stereocenters. The van der Waals surface area contributed by atoms with Gasteiger partial charge in [0.15, 0.2) is 0 Å². The SMILES string of the molecule is COCCN(Cc1cnn(C)c1)C(=O)NC1(Cc2ccccc2C)CC1. The van der Waals surface area contributed by atoms with Gasteiger partial charge >= 0.3 is 6.03 Å². The molecule has 1 aromatic heterocycles. The molecule has 3 rings (SSSR count). The fourth-order valence-corrected chi connectivity index (χ4v) is 3.20. The lowest BCUT2D eigenvalue weighted by molar-refractivity contribution is 0.144. The van der Waals surface area contributed by atoms with Gasteiger partial charge in [-0.15, -0.1) is 0 Å². The predicted octanol–water partition coefficient (Wildman–Crippen LogP) is 2.66. The minimum atomic E-state index is -0.108. The molecule has 2 aromatic rings. The molecule has 1 heterocycles. The number of urea groups is 1. The molecule has 1 fully saturated rings. The van der Waals surface area contributed by atoms with Crippen molar-refractivity contribution in [2.45, 2.75) is 38.3 Å². The third kappa shape index (κ3) is 4.64. The number of ether oxygens (including phenoxy) is 1. The number of hydrogen-bond donors (Lipinski definition) is 1. The van der Waals surface area contributed by atoms with Gasteiger partial charge in [-0.3, -0.25) is 4.68 Å². The number of carbonyl (C=O) groups excluding carboxylic acids is 1. The molecule has 1 aromatic carbocycles. The van der Waals surface area contributed by atoms with Crippen molar-refractivity contribution in [2.24, 2.45) is 7.05 Å². The van der Waals surface area contributed by atoms with Crippen molar-refractivity contribution >= 4 is 6.03 Å². The molecule has 1 aliphatic carbocycles. The Balaban J connectivity index is 1.65. The van der Waals surface area contributed by atoms with Crippen molar-refractivity contribution in [2.75, 3.05) is 20.3 Å². The molecule has 6 nitrogen and oxygen atoms in total. The number of aromatic nitrogens is 2. The summed E-state index contributed by atoms with van der Waals surface area (Å²) < 4.78 is 6.93. The number of methoxy groups -OCH3 is 1. The summed E-state index contributed by atoms with van der Waals surface area (Å²) >= 11 is 0. The zero-order valence-corrected chi connectivity index (χ0v) is 15.9. The molecule has 0 bridgehead atoms. The van der Waals surface area contributed by atoms with E-state index in [4.69, 9.17) is 4.74 Å². The van der Waals surface area contributed by atoms with E-state index in [0.29, 0.717) is 19.7 Å². The highest BCUT2D eigenvalue weighted by molar-refractivity contribution is 5.75. The maximum Gasteiger partial charge on any atom is 0.318 e. The monoisotopic (exact) mass is 356 g/mol.